The monoisotopic (exact) mass is 332 g/mol. The Kier molecular flexibility index (Phi) is 3.83. The molecule has 2 aromatic rings. The van der Waals surface area contributed by atoms with E-state index in [1.165, 1.54) is 12.1 Å². The molecule has 0 saturated heterocycles. The fraction of sp³-hybridized carbons (Fsp3) is 0.0625. The molecule has 2 aromatic carbocycles. The Morgan fingerprint density at radius 1 is 1.09 bits per heavy atom. The molecule has 0 spiro atoms. The number of amides is 3. The molecule has 23 heavy (non-hydrogen) atoms. The first kappa shape index (κ1) is 15.2. The van der Waals surface area contributed by atoms with Crippen molar-refractivity contribution in [1.82, 2.24) is 4.90 Å². The zero-order valence-corrected chi connectivity index (χ0v) is 12.4. The quantitative estimate of drug-likeness (QED) is 0.879. The highest BCUT2D eigenvalue weighted by Gasteiger charge is 2.38. The molecular formula is C16H10ClFN2O3. The molecule has 0 saturated carbocycles. The molecule has 0 unspecified atom stereocenters. The van der Waals surface area contributed by atoms with Crippen molar-refractivity contribution in [2.45, 2.75) is 0 Å². The molecule has 0 aliphatic carbocycles. The Bertz CT molecular complexity index is 821. The van der Waals surface area contributed by atoms with Gasteiger partial charge in [-0.3, -0.25) is 19.3 Å². The smallest absolute Gasteiger partial charge is 0.265 e. The van der Waals surface area contributed by atoms with Gasteiger partial charge < -0.3 is 5.32 Å². The summed E-state index contributed by atoms with van der Waals surface area (Å²) < 4.78 is 13.7. The number of anilines is 1. The molecule has 7 heteroatoms. The van der Waals surface area contributed by atoms with Crippen LogP contribution < -0.4 is 5.32 Å². The molecule has 1 heterocycles. The second kappa shape index (κ2) is 5.81. The van der Waals surface area contributed by atoms with Crippen molar-refractivity contribution in [2.75, 3.05) is 11.9 Å². The topological polar surface area (TPSA) is 66.5 Å². The van der Waals surface area contributed by atoms with Gasteiger partial charge in [0.2, 0.25) is 5.91 Å². The number of rotatable bonds is 3. The Morgan fingerprint density at radius 2 is 1.78 bits per heavy atom. The van der Waals surface area contributed by atoms with E-state index in [-0.39, 0.29) is 11.1 Å². The number of hydrogen-bond donors (Lipinski definition) is 1. The predicted molar refractivity (Wildman–Crippen MR) is 81.8 cm³/mol. The van der Waals surface area contributed by atoms with Gasteiger partial charge >= 0.3 is 0 Å². The highest BCUT2D eigenvalue weighted by atomic mass is 35.5. The first-order valence-corrected chi connectivity index (χ1v) is 7.05. The van der Waals surface area contributed by atoms with Crippen LogP contribution in [0.2, 0.25) is 5.02 Å². The summed E-state index contributed by atoms with van der Waals surface area (Å²) in [5, 5.41) is 3.05. The molecule has 1 aliphatic heterocycles. The molecule has 3 amide bonds. The van der Waals surface area contributed by atoms with E-state index in [9.17, 15) is 18.8 Å². The van der Waals surface area contributed by atoms with Crippen LogP contribution >= 0.6 is 11.6 Å². The summed E-state index contributed by atoms with van der Waals surface area (Å²) in [6.07, 6.45) is 0. The maximum absolute atomic E-state index is 13.7. The molecule has 3 rings (SSSR count). The van der Waals surface area contributed by atoms with Crippen LogP contribution in [0.15, 0.2) is 42.5 Å². The average Bonchev–Trinajstić information content (AvgIpc) is 2.76. The van der Waals surface area contributed by atoms with Gasteiger partial charge in [0.25, 0.3) is 11.8 Å². The molecule has 0 atom stereocenters. The van der Waals surface area contributed by atoms with Gasteiger partial charge in [0, 0.05) is 10.7 Å². The zero-order chi connectivity index (χ0) is 16.6. The SMILES string of the molecule is O=C(CN1C(=O)c2cccc(F)c2C1=O)Nc1ccc(Cl)cc1. The van der Waals surface area contributed by atoms with Crippen LogP contribution in [0.4, 0.5) is 10.1 Å². The van der Waals surface area contributed by atoms with Crippen molar-refractivity contribution < 1.29 is 18.8 Å². The summed E-state index contributed by atoms with van der Waals surface area (Å²) in [7, 11) is 0. The first-order valence-electron chi connectivity index (χ1n) is 6.67. The van der Waals surface area contributed by atoms with Crippen molar-refractivity contribution in [3.05, 3.63) is 64.4 Å². The van der Waals surface area contributed by atoms with Crippen molar-refractivity contribution in [3.8, 4) is 0 Å². The largest absolute Gasteiger partial charge is 0.325 e. The van der Waals surface area contributed by atoms with Crippen LogP contribution in [0.1, 0.15) is 20.7 Å². The van der Waals surface area contributed by atoms with Crippen molar-refractivity contribution in [2.24, 2.45) is 0 Å². The van der Waals surface area contributed by atoms with E-state index in [2.05, 4.69) is 5.32 Å². The predicted octanol–water partition coefficient (Wildman–Crippen LogP) is 2.71. The summed E-state index contributed by atoms with van der Waals surface area (Å²) in [4.78, 5) is 37.0. The molecule has 1 aliphatic rings. The third kappa shape index (κ3) is 2.80. The van der Waals surface area contributed by atoms with Crippen molar-refractivity contribution in [1.29, 1.82) is 0 Å². The van der Waals surface area contributed by atoms with Gasteiger partial charge in [-0.05, 0) is 36.4 Å². The fourth-order valence-corrected chi connectivity index (χ4v) is 2.44. The van der Waals surface area contributed by atoms with Crippen LogP contribution in [0.3, 0.4) is 0 Å². The molecule has 0 fully saturated rings. The van der Waals surface area contributed by atoms with Gasteiger partial charge in [-0.2, -0.15) is 0 Å². The molecular weight excluding hydrogens is 323 g/mol. The lowest BCUT2D eigenvalue weighted by Crippen LogP contribution is -2.37. The number of halogens is 2. The van der Waals surface area contributed by atoms with E-state index in [0.29, 0.717) is 10.7 Å². The Balaban J connectivity index is 1.75. The van der Waals surface area contributed by atoms with Gasteiger partial charge in [0.15, 0.2) is 0 Å². The number of carbonyl (C=O) groups excluding carboxylic acids is 3. The number of benzene rings is 2. The van der Waals surface area contributed by atoms with E-state index in [1.54, 1.807) is 24.3 Å². The Hall–Kier alpha value is -2.73. The van der Waals surface area contributed by atoms with Gasteiger partial charge in [-0.1, -0.05) is 17.7 Å². The molecule has 116 valence electrons. The number of imide groups is 1. The summed E-state index contributed by atoms with van der Waals surface area (Å²) in [6, 6.07) is 10.2. The second-order valence-corrected chi connectivity index (χ2v) is 5.35. The molecule has 0 bridgehead atoms. The van der Waals surface area contributed by atoms with Crippen LogP contribution in [0.25, 0.3) is 0 Å². The lowest BCUT2D eigenvalue weighted by Gasteiger charge is -2.13. The van der Waals surface area contributed by atoms with Gasteiger partial charge in [0.1, 0.15) is 12.4 Å². The van der Waals surface area contributed by atoms with Crippen LogP contribution in [0.5, 0.6) is 0 Å². The fourth-order valence-electron chi connectivity index (χ4n) is 2.31. The maximum atomic E-state index is 13.7. The summed E-state index contributed by atoms with van der Waals surface area (Å²) >= 11 is 5.74. The van der Waals surface area contributed by atoms with E-state index in [4.69, 9.17) is 11.6 Å². The molecule has 1 N–H and O–H groups in total. The summed E-state index contributed by atoms with van der Waals surface area (Å²) in [5.74, 6) is -2.84. The normalized spacial score (nSPS) is 13.2. The van der Waals surface area contributed by atoms with E-state index >= 15 is 0 Å². The minimum atomic E-state index is -0.811. The summed E-state index contributed by atoms with van der Waals surface area (Å²) in [5.41, 5.74) is 0.147. The summed E-state index contributed by atoms with van der Waals surface area (Å²) in [6.45, 7) is -0.492. The van der Waals surface area contributed by atoms with Crippen molar-refractivity contribution >= 4 is 35.0 Å². The Labute approximate surface area is 135 Å². The van der Waals surface area contributed by atoms with Crippen molar-refractivity contribution in [3.63, 3.8) is 0 Å². The van der Waals surface area contributed by atoms with E-state index < -0.39 is 30.1 Å². The number of hydrogen-bond acceptors (Lipinski definition) is 3. The van der Waals surface area contributed by atoms with Gasteiger partial charge in [0.05, 0.1) is 11.1 Å². The lowest BCUT2D eigenvalue weighted by atomic mass is 10.1. The van der Waals surface area contributed by atoms with Gasteiger partial charge in [-0.25, -0.2) is 4.39 Å². The highest BCUT2D eigenvalue weighted by Crippen LogP contribution is 2.25. The molecule has 0 aromatic heterocycles. The van der Waals surface area contributed by atoms with Crippen LogP contribution in [-0.4, -0.2) is 29.2 Å². The maximum Gasteiger partial charge on any atom is 0.265 e. The average molecular weight is 333 g/mol. The second-order valence-electron chi connectivity index (χ2n) is 4.91. The zero-order valence-electron chi connectivity index (χ0n) is 11.7. The molecule has 0 radical (unpaired) electrons. The number of nitrogens with zero attached hydrogens (tertiary/aromatic N) is 1. The van der Waals surface area contributed by atoms with E-state index in [0.717, 1.165) is 11.0 Å². The Morgan fingerprint density at radius 3 is 2.43 bits per heavy atom. The molecule has 5 nitrogen and oxygen atoms in total. The first-order chi connectivity index (χ1) is 11.0. The number of fused-ring (bicyclic) bond motifs is 1. The van der Waals surface area contributed by atoms with Crippen LogP contribution in [-0.2, 0) is 4.79 Å². The highest BCUT2D eigenvalue weighted by molar-refractivity contribution is 6.30. The minimum absolute atomic E-state index is 0.0331. The number of nitrogens with one attached hydrogen (secondary N) is 1. The van der Waals surface area contributed by atoms with E-state index in [1.807, 2.05) is 0 Å². The third-order valence-electron chi connectivity index (χ3n) is 3.38. The van der Waals surface area contributed by atoms with Gasteiger partial charge in [-0.15, -0.1) is 0 Å². The number of carbonyl (C=O) groups is 3. The standard InChI is InChI=1S/C16H10ClFN2O3/c17-9-4-6-10(7-5-9)19-13(21)8-20-15(22)11-2-1-3-12(18)14(11)16(20)23/h1-7H,8H2,(H,19,21). The third-order valence-corrected chi connectivity index (χ3v) is 3.63. The lowest BCUT2D eigenvalue weighted by molar-refractivity contribution is -0.116. The minimum Gasteiger partial charge on any atom is -0.325 e. The van der Waals surface area contributed by atoms with Crippen LogP contribution in [0, 0.1) is 5.82 Å².